The standard InChI is InChI=1S/C17H22F3NO7S/c1-11(28-29(24,25)17(18,19)20)13(21-15(23)27-16(2,3)4)14(22)26-10-12-8-6-5-7-9-12/h5-9,11,13H,10H2,1-4H3,(H,21,23). The first-order chi connectivity index (χ1) is 13.1. The highest BCUT2D eigenvalue weighted by Gasteiger charge is 2.49. The average Bonchev–Trinajstić information content (AvgIpc) is 2.55. The van der Waals surface area contributed by atoms with Crippen LogP contribution in [0.3, 0.4) is 0 Å². The third kappa shape index (κ3) is 8.28. The van der Waals surface area contributed by atoms with Gasteiger partial charge in [-0.15, -0.1) is 0 Å². The van der Waals surface area contributed by atoms with E-state index in [1.165, 1.54) is 20.8 Å². The lowest BCUT2D eigenvalue weighted by Crippen LogP contribution is -2.51. The summed E-state index contributed by atoms with van der Waals surface area (Å²) >= 11 is 0. The number of alkyl halides is 3. The molecule has 2 atom stereocenters. The number of esters is 1. The number of carbonyl (C=O) groups is 2. The SMILES string of the molecule is CC(OS(=O)(=O)C(F)(F)F)C(NC(=O)OC(C)(C)C)C(=O)OCc1ccccc1. The molecule has 1 aromatic carbocycles. The van der Waals surface area contributed by atoms with Crippen LogP contribution in [-0.4, -0.2) is 43.7 Å². The lowest BCUT2D eigenvalue weighted by molar-refractivity contribution is -0.150. The fraction of sp³-hybridized carbons (Fsp3) is 0.529. The Kier molecular flexibility index (Phi) is 8.04. The van der Waals surface area contributed by atoms with Gasteiger partial charge in [0.1, 0.15) is 18.3 Å². The highest BCUT2D eigenvalue weighted by Crippen LogP contribution is 2.26. The van der Waals surface area contributed by atoms with E-state index < -0.39 is 45.4 Å². The molecule has 0 radical (unpaired) electrons. The van der Waals surface area contributed by atoms with Crippen LogP contribution in [0.25, 0.3) is 0 Å². The number of hydrogen-bond donors (Lipinski definition) is 1. The molecule has 12 heteroatoms. The van der Waals surface area contributed by atoms with Crippen molar-refractivity contribution in [3.8, 4) is 0 Å². The highest BCUT2D eigenvalue weighted by atomic mass is 32.2. The highest BCUT2D eigenvalue weighted by molar-refractivity contribution is 7.87. The summed E-state index contributed by atoms with van der Waals surface area (Å²) in [6, 6.07) is 6.42. The molecule has 0 aliphatic carbocycles. The number of amides is 1. The van der Waals surface area contributed by atoms with E-state index in [-0.39, 0.29) is 6.61 Å². The summed E-state index contributed by atoms with van der Waals surface area (Å²) in [5.74, 6) is -1.20. The van der Waals surface area contributed by atoms with Gasteiger partial charge in [0.05, 0.1) is 0 Å². The minimum absolute atomic E-state index is 0.259. The van der Waals surface area contributed by atoms with Gasteiger partial charge in [-0.3, -0.25) is 4.18 Å². The molecule has 0 aliphatic heterocycles. The second-order valence-electron chi connectivity index (χ2n) is 6.92. The third-order valence-corrected chi connectivity index (χ3v) is 4.31. The second kappa shape index (κ2) is 9.44. The third-order valence-electron chi connectivity index (χ3n) is 3.18. The van der Waals surface area contributed by atoms with Crippen LogP contribution in [0.4, 0.5) is 18.0 Å². The molecule has 0 heterocycles. The van der Waals surface area contributed by atoms with Crippen LogP contribution in [0.2, 0.25) is 0 Å². The van der Waals surface area contributed by atoms with Gasteiger partial charge in [-0.2, -0.15) is 21.6 Å². The van der Waals surface area contributed by atoms with Crippen molar-refractivity contribution in [2.75, 3.05) is 0 Å². The molecule has 0 spiro atoms. The normalized spacial score (nSPS) is 14.6. The Morgan fingerprint density at radius 1 is 1.10 bits per heavy atom. The Balaban J connectivity index is 2.97. The first-order valence-electron chi connectivity index (χ1n) is 8.32. The maximum absolute atomic E-state index is 12.6. The number of alkyl carbamates (subject to hydrolysis) is 1. The maximum Gasteiger partial charge on any atom is 0.523 e. The van der Waals surface area contributed by atoms with Gasteiger partial charge >= 0.3 is 27.7 Å². The number of rotatable bonds is 7. The molecule has 29 heavy (non-hydrogen) atoms. The lowest BCUT2D eigenvalue weighted by atomic mass is 10.2. The van der Waals surface area contributed by atoms with Gasteiger partial charge < -0.3 is 14.8 Å². The van der Waals surface area contributed by atoms with Gasteiger partial charge in [0.2, 0.25) is 0 Å². The van der Waals surface area contributed by atoms with E-state index in [1.54, 1.807) is 30.3 Å². The Bertz CT molecular complexity index is 805. The molecule has 0 saturated carbocycles. The number of halogens is 3. The Morgan fingerprint density at radius 2 is 1.66 bits per heavy atom. The summed E-state index contributed by atoms with van der Waals surface area (Å²) in [4.78, 5) is 24.3. The summed E-state index contributed by atoms with van der Waals surface area (Å²) in [7, 11) is -6.01. The van der Waals surface area contributed by atoms with Crippen LogP contribution in [0, 0.1) is 0 Å². The Hall–Kier alpha value is -2.34. The number of ether oxygens (including phenoxy) is 2. The van der Waals surface area contributed by atoms with Crippen molar-refractivity contribution in [1.82, 2.24) is 5.32 Å². The minimum Gasteiger partial charge on any atom is -0.459 e. The topological polar surface area (TPSA) is 108 Å². The van der Waals surface area contributed by atoms with E-state index in [2.05, 4.69) is 4.18 Å². The minimum atomic E-state index is -6.01. The molecule has 164 valence electrons. The number of hydrogen-bond acceptors (Lipinski definition) is 7. The van der Waals surface area contributed by atoms with E-state index in [0.29, 0.717) is 5.56 Å². The van der Waals surface area contributed by atoms with Gasteiger partial charge in [0.25, 0.3) is 0 Å². The molecule has 1 amide bonds. The largest absolute Gasteiger partial charge is 0.523 e. The molecule has 8 nitrogen and oxygen atoms in total. The van der Waals surface area contributed by atoms with Gasteiger partial charge in [-0.25, -0.2) is 9.59 Å². The summed E-state index contributed by atoms with van der Waals surface area (Å²) in [6.07, 6.45) is -3.10. The maximum atomic E-state index is 12.6. The van der Waals surface area contributed by atoms with Crippen LogP contribution < -0.4 is 5.32 Å². The molecular formula is C17H22F3NO7S. The van der Waals surface area contributed by atoms with Crippen molar-refractivity contribution in [2.24, 2.45) is 0 Å². The molecule has 0 fully saturated rings. The average molecular weight is 441 g/mol. The lowest BCUT2D eigenvalue weighted by Gasteiger charge is -2.26. The van der Waals surface area contributed by atoms with Crippen molar-refractivity contribution < 1.29 is 44.8 Å². The number of nitrogens with one attached hydrogen (secondary N) is 1. The summed E-state index contributed by atoms with van der Waals surface area (Å²) in [5.41, 5.74) is -6.12. The van der Waals surface area contributed by atoms with Crippen LogP contribution in [0.5, 0.6) is 0 Å². The quantitative estimate of drug-likeness (QED) is 0.394. The van der Waals surface area contributed by atoms with Gasteiger partial charge in [-0.1, -0.05) is 30.3 Å². The van der Waals surface area contributed by atoms with Gasteiger partial charge in [0, 0.05) is 0 Å². The Morgan fingerprint density at radius 3 is 2.14 bits per heavy atom. The molecule has 0 aliphatic rings. The monoisotopic (exact) mass is 441 g/mol. The predicted molar refractivity (Wildman–Crippen MR) is 94.9 cm³/mol. The first-order valence-corrected chi connectivity index (χ1v) is 9.73. The van der Waals surface area contributed by atoms with Crippen molar-refractivity contribution >= 4 is 22.2 Å². The van der Waals surface area contributed by atoms with Crippen molar-refractivity contribution in [1.29, 1.82) is 0 Å². The van der Waals surface area contributed by atoms with Crippen LogP contribution in [-0.2, 0) is 35.2 Å². The van der Waals surface area contributed by atoms with E-state index in [9.17, 15) is 31.2 Å². The molecule has 1 N–H and O–H groups in total. The fourth-order valence-electron chi connectivity index (χ4n) is 1.93. The van der Waals surface area contributed by atoms with E-state index in [0.717, 1.165) is 6.92 Å². The predicted octanol–water partition coefficient (Wildman–Crippen LogP) is 2.88. The first kappa shape index (κ1) is 24.7. The molecule has 0 aromatic heterocycles. The fourth-order valence-corrected chi connectivity index (χ4v) is 2.55. The zero-order valence-corrected chi connectivity index (χ0v) is 17.0. The molecule has 0 bridgehead atoms. The summed E-state index contributed by atoms with van der Waals surface area (Å²) in [5, 5.41) is 1.99. The molecule has 0 saturated heterocycles. The smallest absolute Gasteiger partial charge is 0.459 e. The van der Waals surface area contributed by atoms with Crippen molar-refractivity contribution in [3.63, 3.8) is 0 Å². The van der Waals surface area contributed by atoms with E-state index in [1.807, 2.05) is 5.32 Å². The zero-order valence-electron chi connectivity index (χ0n) is 16.1. The van der Waals surface area contributed by atoms with E-state index >= 15 is 0 Å². The van der Waals surface area contributed by atoms with Crippen molar-refractivity contribution in [2.45, 2.75) is 57.6 Å². The van der Waals surface area contributed by atoms with Crippen LogP contribution >= 0.6 is 0 Å². The number of carbonyl (C=O) groups excluding carboxylic acids is 2. The Labute approximate surface area is 166 Å². The molecule has 1 aromatic rings. The summed E-state index contributed by atoms with van der Waals surface area (Å²) in [6.45, 7) is 5.16. The van der Waals surface area contributed by atoms with Crippen molar-refractivity contribution in [3.05, 3.63) is 35.9 Å². The van der Waals surface area contributed by atoms with Gasteiger partial charge in [0.15, 0.2) is 6.04 Å². The van der Waals surface area contributed by atoms with Gasteiger partial charge in [-0.05, 0) is 33.3 Å². The zero-order chi connectivity index (χ0) is 22.5. The molecular weight excluding hydrogens is 419 g/mol. The number of benzene rings is 1. The van der Waals surface area contributed by atoms with Crippen LogP contribution in [0.15, 0.2) is 30.3 Å². The summed E-state index contributed by atoms with van der Waals surface area (Å²) < 4.78 is 74.2. The molecule has 1 rings (SSSR count). The molecule has 2 unspecified atom stereocenters. The van der Waals surface area contributed by atoms with Crippen LogP contribution in [0.1, 0.15) is 33.3 Å². The second-order valence-corrected chi connectivity index (χ2v) is 8.48. The van der Waals surface area contributed by atoms with E-state index in [4.69, 9.17) is 9.47 Å².